The van der Waals surface area contributed by atoms with E-state index < -0.39 is 0 Å². The molecule has 2 nitrogen and oxygen atoms in total. The average molecular weight is 264 g/mol. The van der Waals surface area contributed by atoms with Crippen molar-refractivity contribution in [2.75, 3.05) is 5.32 Å². The number of unbranched alkanes of at least 4 members (excludes halogenated alkanes) is 3. The molecule has 3 heteroatoms. The maximum absolute atomic E-state index is 5.29. The average Bonchev–Trinajstić information content (AvgIpc) is 2.35. The van der Waals surface area contributed by atoms with Gasteiger partial charge in [0.25, 0.3) is 0 Å². The minimum atomic E-state index is 0.436. The maximum atomic E-state index is 5.29. The fourth-order valence-corrected chi connectivity index (χ4v) is 2.18. The Morgan fingerprint density at radius 1 is 1.17 bits per heavy atom. The summed E-state index contributed by atoms with van der Waals surface area (Å²) in [6.07, 6.45) is 6.39. The van der Waals surface area contributed by atoms with Crippen LogP contribution in [0.1, 0.15) is 46.0 Å². The predicted octanol–water partition coefficient (Wildman–Crippen LogP) is 4.33. The molecule has 0 saturated carbocycles. The molecule has 0 saturated heterocycles. The second kappa shape index (κ2) is 8.92. The Hall–Kier alpha value is -1.09. The lowest BCUT2D eigenvalue weighted by Crippen LogP contribution is -2.35. The molecule has 0 fully saturated rings. The fraction of sp³-hybridized carbons (Fsp3) is 0.533. The first-order valence-electron chi connectivity index (χ1n) is 6.85. The van der Waals surface area contributed by atoms with Crippen LogP contribution in [0.3, 0.4) is 0 Å². The van der Waals surface area contributed by atoms with Crippen LogP contribution in [0, 0.1) is 0 Å². The van der Waals surface area contributed by atoms with E-state index in [2.05, 4.69) is 24.5 Å². The van der Waals surface area contributed by atoms with Crippen LogP contribution in [0.25, 0.3) is 0 Å². The van der Waals surface area contributed by atoms with Crippen molar-refractivity contribution in [1.29, 1.82) is 0 Å². The normalized spacial score (nSPS) is 11.9. The second-order valence-electron chi connectivity index (χ2n) is 4.71. The van der Waals surface area contributed by atoms with Gasteiger partial charge < -0.3 is 10.6 Å². The van der Waals surface area contributed by atoms with E-state index in [0.29, 0.717) is 11.2 Å². The lowest BCUT2D eigenvalue weighted by Gasteiger charge is -2.16. The van der Waals surface area contributed by atoms with E-state index in [0.717, 1.165) is 5.69 Å². The molecule has 0 bridgehead atoms. The standard InChI is InChI=1S/C15H24N2S/c1-3-4-5-7-10-13(2)16-15(18)17-14-11-8-6-9-12-14/h6,8-9,11-13H,3-5,7,10H2,1-2H3,(H2,16,17,18). The molecule has 18 heavy (non-hydrogen) atoms. The van der Waals surface area contributed by atoms with Crippen molar-refractivity contribution < 1.29 is 0 Å². The van der Waals surface area contributed by atoms with Crippen molar-refractivity contribution in [1.82, 2.24) is 5.32 Å². The summed E-state index contributed by atoms with van der Waals surface area (Å²) in [7, 11) is 0. The third-order valence-corrected chi connectivity index (χ3v) is 3.12. The molecule has 1 atom stereocenters. The molecule has 0 aliphatic carbocycles. The number of anilines is 1. The highest BCUT2D eigenvalue weighted by Gasteiger charge is 2.03. The van der Waals surface area contributed by atoms with Crippen LogP contribution in [0.15, 0.2) is 30.3 Å². The molecular weight excluding hydrogens is 240 g/mol. The zero-order valence-electron chi connectivity index (χ0n) is 11.4. The SMILES string of the molecule is CCCCCCC(C)NC(=S)Nc1ccccc1. The molecule has 0 aliphatic heterocycles. The summed E-state index contributed by atoms with van der Waals surface area (Å²) >= 11 is 5.29. The van der Waals surface area contributed by atoms with E-state index in [9.17, 15) is 0 Å². The minimum Gasteiger partial charge on any atom is -0.360 e. The third-order valence-electron chi connectivity index (χ3n) is 2.90. The Labute approximate surface area is 116 Å². The first-order valence-corrected chi connectivity index (χ1v) is 7.25. The van der Waals surface area contributed by atoms with Crippen molar-refractivity contribution in [3.8, 4) is 0 Å². The number of hydrogen-bond acceptors (Lipinski definition) is 1. The van der Waals surface area contributed by atoms with Gasteiger partial charge in [0, 0.05) is 11.7 Å². The summed E-state index contributed by atoms with van der Waals surface area (Å²) in [4.78, 5) is 0. The van der Waals surface area contributed by atoms with Crippen LogP contribution in [-0.4, -0.2) is 11.2 Å². The Bertz CT molecular complexity index is 338. The maximum Gasteiger partial charge on any atom is 0.170 e. The number of hydrogen-bond donors (Lipinski definition) is 2. The second-order valence-corrected chi connectivity index (χ2v) is 5.12. The van der Waals surface area contributed by atoms with Gasteiger partial charge in [-0.2, -0.15) is 0 Å². The van der Waals surface area contributed by atoms with Gasteiger partial charge in [-0.25, -0.2) is 0 Å². The van der Waals surface area contributed by atoms with Gasteiger partial charge in [-0.15, -0.1) is 0 Å². The van der Waals surface area contributed by atoms with E-state index in [1.807, 2.05) is 30.3 Å². The van der Waals surface area contributed by atoms with Gasteiger partial charge >= 0.3 is 0 Å². The first-order chi connectivity index (χ1) is 8.72. The van der Waals surface area contributed by atoms with E-state index >= 15 is 0 Å². The van der Waals surface area contributed by atoms with Crippen LogP contribution < -0.4 is 10.6 Å². The highest BCUT2D eigenvalue weighted by molar-refractivity contribution is 7.80. The van der Waals surface area contributed by atoms with Crippen LogP contribution in [0.2, 0.25) is 0 Å². The predicted molar refractivity (Wildman–Crippen MR) is 84.0 cm³/mol. The molecule has 2 N–H and O–H groups in total. The van der Waals surface area contributed by atoms with Crippen molar-refractivity contribution in [3.05, 3.63) is 30.3 Å². The van der Waals surface area contributed by atoms with E-state index in [4.69, 9.17) is 12.2 Å². The van der Waals surface area contributed by atoms with Gasteiger partial charge in [0.2, 0.25) is 0 Å². The molecule has 0 heterocycles. The van der Waals surface area contributed by atoms with Crippen LogP contribution in [-0.2, 0) is 0 Å². The Kier molecular flexibility index (Phi) is 7.42. The Balaban J connectivity index is 2.19. The molecule has 1 rings (SSSR count). The third kappa shape index (κ3) is 6.60. The van der Waals surface area contributed by atoms with E-state index in [1.54, 1.807) is 0 Å². The summed E-state index contributed by atoms with van der Waals surface area (Å²) in [5.74, 6) is 0. The number of benzene rings is 1. The van der Waals surface area contributed by atoms with Crippen molar-refractivity contribution in [2.24, 2.45) is 0 Å². The van der Waals surface area contributed by atoms with Gasteiger partial charge in [0.05, 0.1) is 0 Å². The van der Waals surface area contributed by atoms with Crippen molar-refractivity contribution in [2.45, 2.75) is 52.0 Å². The number of para-hydroxylation sites is 1. The quantitative estimate of drug-likeness (QED) is 0.566. The number of thiocarbonyl (C=S) groups is 1. The van der Waals surface area contributed by atoms with Crippen LogP contribution in [0.4, 0.5) is 5.69 Å². The van der Waals surface area contributed by atoms with Crippen LogP contribution >= 0.6 is 12.2 Å². The molecule has 0 aliphatic rings. The summed E-state index contributed by atoms with van der Waals surface area (Å²) in [5.41, 5.74) is 1.04. The van der Waals surface area contributed by atoms with Gasteiger partial charge in [0.15, 0.2) is 5.11 Å². The van der Waals surface area contributed by atoms with Crippen molar-refractivity contribution >= 4 is 23.0 Å². The highest BCUT2D eigenvalue weighted by Crippen LogP contribution is 2.07. The monoisotopic (exact) mass is 264 g/mol. The first kappa shape index (κ1) is 15.0. The molecule has 1 aromatic rings. The molecule has 1 unspecified atom stereocenters. The summed E-state index contributed by atoms with van der Waals surface area (Å²) in [6.45, 7) is 4.42. The number of rotatable bonds is 7. The summed E-state index contributed by atoms with van der Waals surface area (Å²) in [5, 5.41) is 7.23. The minimum absolute atomic E-state index is 0.436. The fourth-order valence-electron chi connectivity index (χ4n) is 1.86. The Morgan fingerprint density at radius 3 is 2.56 bits per heavy atom. The van der Waals surface area contributed by atoms with Gasteiger partial charge in [-0.05, 0) is 37.7 Å². The molecule has 0 aromatic heterocycles. The summed E-state index contributed by atoms with van der Waals surface area (Å²) in [6, 6.07) is 10.5. The van der Waals surface area contributed by atoms with Gasteiger partial charge in [-0.1, -0.05) is 50.8 Å². The highest BCUT2D eigenvalue weighted by atomic mass is 32.1. The molecule has 100 valence electrons. The largest absolute Gasteiger partial charge is 0.360 e. The molecule has 0 radical (unpaired) electrons. The zero-order valence-corrected chi connectivity index (χ0v) is 12.2. The topological polar surface area (TPSA) is 24.1 Å². The van der Waals surface area contributed by atoms with Crippen molar-refractivity contribution in [3.63, 3.8) is 0 Å². The molecular formula is C15H24N2S. The van der Waals surface area contributed by atoms with E-state index in [-0.39, 0.29) is 0 Å². The zero-order chi connectivity index (χ0) is 13.2. The number of nitrogens with one attached hydrogen (secondary N) is 2. The lowest BCUT2D eigenvalue weighted by molar-refractivity contribution is 0.545. The smallest absolute Gasteiger partial charge is 0.170 e. The lowest BCUT2D eigenvalue weighted by atomic mass is 10.1. The van der Waals surface area contributed by atoms with Gasteiger partial charge in [-0.3, -0.25) is 0 Å². The van der Waals surface area contributed by atoms with E-state index in [1.165, 1.54) is 32.1 Å². The Morgan fingerprint density at radius 2 is 1.89 bits per heavy atom. The molecule has 1 aromatic carbocycles. The van der Waals surface area contributed by atoms with Gasteiger partial charge in [0.1, 0.15) is 0 Å². The molecule has 0 spiro atoms. The van der Waals surface area contributed by atoms with Crippen LogP contribution in [0.5, 0.6) is 0 Å². The molecule has 0 amide bonds. The summed E-state index contributed by atoms with van der Waals surface area (Å²) < 4.78 is 0.